The third-order valence-electron chi connectivity index (χ3n) is 6.40. The summed E-state index contributed by atoms with van der Waals surface area (Å²) in [6.07, 6.45) is 18.1. The second-order valence-corrected chi connectivity index (χ2v) is 13.7. The van der Waals surface area contributed by atoms with Crippen LogP contribution in [0.15, 0.2) is 0 Å². The van der Waals surface area contributed by atoms with Gasteiger partial charge < -0.3 is 15.3 Å². The Labute approximate surface area is 225 Å². The van der Waals surface area contributed by atoms with E-state index in [4.69, 9.17) is 15.3 Å². The molecule has 34 heavy (non-hydrogen) atoms. The van der Waals surface area contributed by atoms with Crippen LogP contribution in [0.5, 0.6) is 0 Å². The molecular weight excluding hydrogens is 481 g/mol. The van der Waals surface area contributed by atoms with Gasteiger partial charge in [0.25, 0.3) is 0 Å². The van der Waals surface area contributed by atoms with Gasteiger partial charge in [0.1, 0.15) is 0 Å². The zero-order valence-electron chi connectivity index (χ0n) is 22.6. The third kappa shape index (κ3) is 24.6. The predicted molar refractivity (Wildman–Crippen MR) is 160 cm³/mol. The number of aliphatic hydroxyl groups excluding tert-OH is 3. The molecule has 3 nitrogen and oxygen atoms in total. The van der Waals surface area contributed by atoms with Gasteiger partial charge in [-0.1, -0.05) is 52.4 Å². The van der Waals surface area contributed by atoms with E-state index in [0.29, 0.717) is 19.8 Å². The van der Waals surface area contributed by atoms with Crippen LogP contribution in [0.4, 0.5) is 0 Å². The molecule has 3 N–H and O–H groups in total. The molecule has 0 spiro atoms. The summed E-state index contributed by atoms with van der Waals surface area (Å²) in [4.78, 5) is 0. The van der Waals surface area contributed by atoms with Crippen LogP contribution in [0.25, 0.3) is 0 Å². The zero-order valence-corrected chi connectivity index (χ0v) is 25.0. The Kier molecular flexibility index (Phi) is 29.3. The summed E-state index contributed by atoms with van der Waals surface area (Å²) in [5.41, 5.74) is 0. The summed E-state index contributed by atoms with van der Waals surface area (Å²) in [5.74, 6) is 8.02. The van der Waals surface area contributed by atoms with Gasteiger partial charge in [-0.05, 0) is 98.4 Å². The SMILES string of the molecule is CC(C)C(CCC(CCSCCCCCCO)CSCCCCCCO)SCCCCCCO. The monoisotopic (exact) mass is 538 g/mol. The maximum atomic E-state index is 8.94. The lowest BCUT2D eigenvalue weighted by Crippen LogP contribution is -2.16. The van der Waals surface area contributed by atoms with Gasteiger partial charge in [-0.25, -0.2) is 0 Å². The van der Waals surface area contributed by atoms with Crippen molar-refractivity contribution in [2.45, 2.75) is 115 Å². The van der Waals surface area contributed by atoms with Crippen molar-refractivity contribution in [3.63, 3.8) is 0 Å². The second kappa shape index (κ2) is 28.5. The molecule has 0 heterocycles. The lowest BCUT2D eigenvalue weighted by molar-refractivity contribution is 0.282. The highest BCUT2D eigenvalue weighted by molar-refractivity contribution is 8.00. The van der Waals surface area contributed by atoms with Crippen molar-refractivity contribution in [2.75, 3.05) is 48.6 Å². The fourth-order valence-corrected chi connectivity index (χ4v) is 7.78. The van der Waals surface area contributed by atoms with Crippen LogP contribution in [-0.2, 0) is 0 Å². The topological polar surface area (TPSA) is 60.7 Å². The van der Waals surface area contributed by atoms with Crippen LogP contribution < -0.4 is 0 Å². The molecule has 6 heteroatoms. The molecule has 0 amide bonds. The molecule has 0 aromatic rings. The summed E-state index contributed by atoms with van der Waals surface area (Å²) < 4.78 is 0. The van der Waals surface area contributed by atoms with Crippen LogP contribution in [0, 0.1) is 11.8 Å². The van der Waals surface area contributed by atoms with E-state index in [2.05, 4.69) is 49.1 Å². The van der Waals surface area contributed by atoms with Crippen molar-refractivity contribution in [2.24, 2.45) is 11.8 Å². The van der Waals surface area contributed by atoms with Crippen LogP contribution in [0.3, 0.4) is 0 Å². The average Bonchev–Trinajstić information content (AvgIpc) is 2.83. The first kappa shape index (κ1) is 34.9. The minimum atomic E-state index is 0.339. The van der Waals surface area contributed by atoms with E-state index in [1.807, 2.05) is 0 Å². The summed E-state index contributed by atoms with van der Waals surface area (Å²) in [6, 6.07) is 0. The Balaban J connectivity index is 4.27. The van der Waals surface area contributed by atoms with E-state index in [9.17, 15) is 0 Å². The van der Waals surface area contributed by atoms with Crippen LogP contribution >= 0.6 is 35.3 Å². The summed E-state index contributed by atoms with van der Waals surface area (Å²) in [5, 5.41) is 27.6. The highest BCUT2D eigenvalue weighted by atomic mass is 32.2. The molecule has 2 atom stereocenters. The Morgan fingerprint density at radius 1 is 0.500 bits per heavy atom. The molecule has 0 fully saturated rings. The standard InChI is InChI=1S/C28H58O3S3/c1-26(2)28(34-23-14-8-5-11-20-31)16-15-27(25-33-22-13-7-4-10-19-30)17-24-32-21-12-6-3-9-18-29/h26-31H,3-25H2,1-2H3. The van der Waals surface area contributed by atoms with Crippen LogP contribution in [-0.4, -0.2) is 69.2 Å². The molecule has 0 aliphatic carbocycles. The van der Waals surface area contributed by atoms with E-state index in [1.54, 1.807) is 0 Å². The number of thioether (sulfide) groups is 3. The second-order valence-electron chi connectivity index (χ2n) is 9.99. The lowest BCUT2D eigenvalue weighted by atomic mass is 9.97. The van der Waals surface area contributed by atoms with E-state index in [0.717, 1.165) is 36.3 Å². The molecule has 0 radical (unpaired) electrons. The number of rotatable bonds is 28. The molecule has 0 aliphatic rings. The molecule has 0 aromatic heterocycles. The van der Waals surface area contributed by atoms with Crippen molar-refractivity contribution in [1.29, 1.82) is 0 Å². The Bertz CT molecular complexity index is 386. The summed E-state index contributed by atoms with van der Waals surface area (Å²) in [6.45, 7) is 5.81. The maximum Gasteiger partial charge on any atom is 0.0431 e. The van der Waals surface area contributed by atoms with Crippen molar-refractivity contribution in [3.8, 4) is 0 Å². The molecule has 0 aliphatic heterocycles. The van der Waals surface area contributed by atoms with Gasteiger partial charge in [0, 0.05) is 25.1 Å². The van der Waals surface area contributed by atoms with Gasteiger partial charge in [0.05, 0.1) is 0 Å². The minimum absolute atomic E-state index is 0.339. The Hall–Kier alpha value is 0.930. The molecule has 0 saturated heterocycles. The summed E-state index contributed by atoms with van der Waals surface area (Å²) >= 11 is 6.50. The molecule has 0 bridgehead atoms. The zero-order chi connectivity index (χ0) is 25.1. The molecule has 0 aromatic carbocycles. The Morgan fingerprint density at radius 3 is 1.53 bits per heavy atom. The fourth-order valence-electron chi connectivity index (χ4n) is 4.06. The van der Waals surface area contributed by atoms with E-state index in [1.165, 1.54) is 106 Å². The quantitative estimate of drug-likeness (QED) is 0.0889. The third-order valence-corrected chi connectivity index (χ3v) is 10.5. The average molecular weight is 539 g/mol. The molecule has 2 unspecified atom stereocenters. The maximum absolute atomic E-state index is 8.94. The molecule has 0 rings (SSSR count). The number of unbranched alkanes of at least 4 members (excludes halogenated alkanes) is 9. The lowest BCUT2D eigenvalue weighted by Gasteiger charge is -2.24. The Morgan fingerprint density at radius 2 is 1.00 bits per heavy atom. The van der Waals surface area contributed by atoms with Gasteiger partial charge in [-0.3, -0.25) is 0 Å². The molecular formula is C28H58O3S3. The first-order valence-electron chi connectivity index (χ1n) is 14.2. The van der Waals surface area contributed by atoms with Crippen LogP contribution in [0.1, 0.15) is 110 Å². The van der Waals surface area contributed by atoms with E-state index in [-0.39, 0.29) is 0 Å². The van der Waals surface area contributed by atoms with Gasteiger partial charge >= 0.3 is 0 Å². The van der Waals surface area contributed by atoms with E-state index >= 15 is 0 Å². The van der Waals surface area contributed by atoms with Crippen molar-refractivity contribution < 1.29 is 15.3 Å². The number of hydrogen-bond donors (Lipinski definition) is 3. The van der Waals surface area contributed by atoms with Gasteiger partial charge in [-0.2, -0.15) is 35.3 Å². The van der Waals surface area contributed by atoms with Gasteiger partial charge in [0.2, 0.25) is 0 Å². The largest absolute Gasteiger partial charge is 0.396 e. The van der Waals surface area contributed by atoms with Crippen molar-refractivity contribution >= 4 is 35.3 Å². The predicted octanol–water partition coefficient (Wildman–Crippen LogP) is 7.66. The first-order chi connectivity index (χ1) is 16.7. The van der Waals surface area contributed by atoms with Crippen molar-refractivity contribution in [1.82, 2.24) is 0 Å². The number of aliphatic hydroxyl groups is 3. The van der Waals surface area contributed by atoms with E-state index < -0.39 is 0 Å². The van der Waals surface area contributed by atoms with Gasteiger partial charge in [0.15, 0.2) is 0 Å². The van der Waals surface area contributed by atoms with Crippen LogP contribution in [0.2, 0.25) is 0 Å². The highest BCUT2D eigenvalue weighted by Gasteiger charge is 2.17. The first-order valence-corrected chi connectivity index (χ1v) is 17.6. The smallest absolute Gasteiger partial charge is 0.0431 e. The van der Waals surface area contributed by atoms with Gasteiger partial charge in [-0.15, -0.1) is 0 Å². The summed E-state index contributed by atoms with van der Waals surface area (Å²) in [7, 11) is 0. The minimum Gasteiger partial charge on any atom is -0.396 e. The highest BCUT2D eigenvalue weighted by Crippen LogP contribution is 2.30. The fraction of sp³-hybridized carbons (Fsp3) is 1.00. The number of hydrogen-bond acceptors (Lipinski definition) is 6. The normalized spacial score (nSPS) is 13.6. The molecule has 0 saturated carbocycles. The van der Waals surface area contributed by atoms with Crippen molar-refractivity contribution in [3.05, 3.63) is 0 Å². The molecule has 206 valence electrons.